The van der Waals surface area contributed by atoms with Crippen molar-refractivity contribution in [3.05, 3.63) is 106 Å². The molecule has 3 fully saturated rings. The molecular weight excluding hydrogens is 941 g/mol. The highest BCUT2D eigenvalue weighted by atomic mass is 32.1. The lowest BCUT2D eigenvalue weighted by molar-refractivity contribution is -0.144. The first-order valence-electron chi connectivity index (χ1n) is 24.1. The Morgan fingerprint density at radius 3 is 1.35 bits per heavy atom. The summed E-state index contributed by atoms with van der Waals surface area (Å²) in [6, 6.07) is 12.3. The molecule has 2 aromatic carbocycles. The maximum absolute atomic E-state index is 14.7. The summed E-state index contributed by atoms with van der Waals surface area (Å²) >= 11 is 3.15. The molecule has 6 aromatic rings. The van der Waals surface area contributed by atoms with Gasteiger partial charge in [-0.05, 0) is 59.8 Å². The van der Waals surface area contributed by atoms with Gasteiger partial charge in [0, 0.05) is 39.0 Å². The number of hydrogen-bond donors (Lipinski definition) is 4. The Morgan fingerprint density at radius 1 is 0.648 bits per heavy atom. The number of aromatic nitrogens is 8. The second-order valence-electron chi connectivity index (χ2n) is 21.4. The number of aryl methyl sites for hydroxylation is 2. The zero-order valence-electron chi connectivity index (χ0n) is 41.4. The highest BCUT2D eigenvalue weighted by Crippen LogP contribution is 2.52. The van der Waals surface area contributed by atoms with E-state index in [9.17, 15) is 29.4 Å². The van der Waals surface area contributed by atoms with Crippen LogP contribution in [0, 0.1) is 24.7 Å². The number of aliphatic hydroxyl groups excluding tert-OH is 2. The first-order valence-corrected chi connectivity index (χ1v) is 25.8. The normalized spacial score (nSPS) is 20.8. The highest BCUT2D eigenvalue weighted by molar-refractivity contribution is 7.13. The minimum absolute atomic E-state index is 0.000374. The third-order valence-electron chi connectivity index (χ3n) is 14.0. The van der Waals surface area contributed by atoms with E-state index in [0.29, 0.717) is 24.2 Å². The van der Waals surface area contributed by atoms with E-state index in [1.807, 2.05) is 115 Å². The highest BCUT2D eigenvalue weighted by Gasteiger charge is 2.53. The van der Waals surface area contributed by atoms with Crippen LogP contribution in [0.5, 0.6) is 0 Å². The van der Waals surface area contributed by atoms with Gasteiger partial charge >= 0.3 is 0 Å². The number of aliphatic hydroxyl groups is 2. The molecule has 6 unspecified atom stereocenters. The van der Waals surface area contributed by atoms with Gasteiger partial charge in [-0.15, -0.1) is 32.9 Å². The number of rotatable bonds is 14. The number of carbonyl (C=O) groups is 4. The number of thiazole rings is 2. The van der Waals surface area contributed by atoms with Gasteiger partial charge in [0.25, 0.3) is 0 Å². The molecule has 2 aliphatic heterocycles. The van der Waals surface area contributed by atoms with E-state index < -0.39 is 52.6 Å². The van der Waals surface area contributed by atoms with Crippen molar-refractivity contribution in [1.82, 2.24) is 60.4 Å². The van der Waals surface area contributed by atoms with Crippen LogP contribution in [-0.2, 0) is 37.7 Å². The first-order chi connectivity index (χ1) is 33.7. The molecule has 374 valence electrons. The number of benzene rings is 2. The molecule has 18 nitrogen and oxygen atoms in total. The Labute approximate surface area is 420 Å². The molecule has 1 aliphatic carbocycles. The maximum atomic E-state index is 14.7. The van der Waals surface area contributed by atoms with E-state index in [1.165, 1.54) is 9.80 Å². The number of nitrogens with one attached hydrogen (secondary N) is 2. The summed E-state index contributed by atoms with van der Waals surface area (Å²) in [5, 5.41) is 45.9. The van der Waals surface area contributed by atoms with Crippen molar-refractivity contribution in [2.75, 3.05) is 13.1 Å². The molecular formula is C51H62N12O6S2. The van der Waals surface area contributed by atoms with E-state index in [0.717, 1.165) is 43.4 Å². The smallest absolute Gasteiger partial charge is 0.248 e. The molecule has 9 rings (SSSR count). The van der Waals surface area contributed by atoms with Gasteiger partial charge in [-0.2, -0.15) is 0 Å². The predicted molar refractivity (Wildman–Crippen MR) is 268 cm³/mol. The van der Waals surface area contributed by atoms with Crippen LogP contribution < -0.4 is 10.6 Å². The second-order valence-corrected chi connectivity index (χ2v) is 23.2. The zero-order valence-corrected chi connectivity index (χ0v) is 43.0. The van der Waals surface area contributed by atoms with Crippen molar-refractivity contribution in [2.24, 2.45) is 10.8 Å². The fraction of sp³-hybridized carbons (Fsp3) is 0.490. The number of β-amino-alcohol motifs (C(OH)–C–C–N with tert-alkyl or cyclic N) is 2. The SMILES string of the molecule is Cc1ncsc1-c1ccc(CNC(=O)C2CC(O)CN2C(=O)C(n2cc(C3(c4cn(C(C(=O)N5CC(O)CC5C(=O)NCc5ccc(-c6scnc6C)cc5)C(C)(C)C)nn4)CC3)nn2)C(C)(C)C)cc1. The van der Waals surface area contributed by atoms with Crippen LogP contribution in [0.3, 0.4) is 0 Å². The van der Waals surface area contributed by atoms with Gasteiger partial charge in [0.15, 0.2) is 0 Å². The third kappa shape index (κ3) is 10.2. The van der Waals surface area contributed by atoms with Crippen LogP contribution in [-0.4, -0.2) is 121 Å². The molecule has 0 bridgehead atoms. The van der Waals surface area contributed by atoms with E-state index in [4.69, 9.17) is 0 Å². The molecule has 71 heavy (non-hydrogen) atoms. The summed E-state index contributed by atoms with van der Waals surface area (Å²) in [6.45, 7) is 16.0. The Balaban J connectivity index is 0.879. The van der Waals surface area contributed by atoms with Crippen LogP contribution in [0.25, 0.3) is 20.9 Å². The second kappa shape index (κ2) is 19.4. The van der Waals surface area contributed by atoms with Crippen molar-refractivity contribution in [3.8, 4) is 20.9 Å². The summed E-state index contributed by atoms with van der Waals surface area (Å²) < 4.78 is 3.11. The summed E-state index contributed by atoms with van der Waals surface area (Å²) in [6.07, 6.45) is 3.33. The van der Waals surface area contributed by atoms with Crippen molar-refractivity contribution in [2.45, 2.75) is 136 Å². The van der Waals surface area contributed by atoms with Crippen LogP contribution in [0.2, 0.25) is 0 Å². The molecule has 4 aromatic heterocycles. The number of carbonyl (C=O) groups excluding carboxylic acids is 4. The van der Waals surface area contributed by atoms with Crippen LogP contribution >= 0.6 is 22.7 Å². The van der Waals surface area contributed by atoms with Crippen LogP contribution in [0.15, 0.2) is 71.9 Å². The topological polar surface area (TPSA) is 226 Å². The molecule has 4 N–H and O–H groups in total. The van der Waals surface area contributed by atoms with Gasteiger partial charge in [-0.3, -0.25) is 19.2 Å². The molecule has 4 amide bonds. The molecule has 6 heterocycles. The minimum Gasteiger partial charge on any atom is -0.391 e. The molecule has 0 radical (unpaired) electrons. The minimum atomic E-state index is -0.885. The third-order valence-corrected chi connectivity index (χ3v) is 15.9. The largest absolute Gasteiger partial charge is 0.391 e. The summed E-state index contributed by atoms with van der Waals surface area (Å²) in [5.74, 6) is -1.41. The summed E-state index contributed by atoms with van der Waals surface area (Å²) in [5.41, 5.74) is 8.59. The number of amides is 4. The van der Waals surface area contributed by atoms with E-state index >= 15 is 0 Å². The van der Waals surface area contributed by atoms with Gasteiger partial charge in [0.2, 0.25) is 23.6 Å². The maximum Gasteiger partial charge on any atom is 0.248 e. The van der Waals surface area contributed by atoms with Gasteiger partial charge in [0.1, 0.15) is 24.2 Å². The molecule has 3 aliphatic rings. The lowest BCUT2D eigenvalue weighted by atomic mass is 9.85. The van der Waals surface area contributed by atoms with Gasteiger partial charge < -0.3 is 30.6 Å². The van der Waals surface area contributed by atoms with Crippen LogP contribution in [0.4, 0.5) is 0 Å². The number of hydrogen-bond acceptors (Lipinski definition) is 14. The average Bonchev–Trinajstić information content (AvgIpc) is 4.04. The zero-order chi connectivity index (χ0) is 50.6. The standard InChI is InChI=1S/C51H62N12O6S2/c1-29-41(70-27-54-29)33-13-9-31(10-14-33)21-52-45(66)37-19-35(64)23-60(37)47(68)43(49(3,4)5)62-25-39(56-58-62)51(17-18-51)40-26-63(59-57-40)44(50(6,7)8)48(69)61-24-36(65)20-38(61)46(67)53-22-32-11-15-34(16-12-32)42-30(2)55-28-71-42/h9-16,25-28,35-38,43-44,64-65H,17-24H2,1-8H3,(H,52,66)(H,53,67). The number of likely N-dealkylation sites (tertiary alicyclic amines) is 2. The Bertz CT molecular complexity index is 2720. The van der Waals surface area contributed by atoms with Crippen molar-refractivity contribution < 1.29 is 29.4 Å². The van der Waals surface area contributed by atoms with E-state index in [1.54, 1.807) is 44.4 Å². The Morgan fingerprint density at radius 2 is 1.03 bits per heavy atom. The Hall–Kier alpha value is -6.22. The quantitative estimate of drug-likeness (QED) is 0.106. The van der Waals surface area contributed by atoms with E-state index in [2.05, 4.69) is 41.2 Å². The monoisotopic (exact) mass is 1000 g/mol. The van der Waals surface area contributed by atoms with Crippen LogP contribution in [0.1, 0.15) is 113 Å². The van der Waals surface area contributed by atoms with Crippen molar-refractivity contribution >= 4 is 46.3 Å². The summed E-state index contributed by atoms with van der Waals surface area (Å²) in [7, 11) is 0. The lowest BCUT2D eigenvalue weighted by Gasteiger charge is -2.34. The fourth-order valence-corrected chi connectivity index (χ4v) is 11.6. The molecule has 0 spiro atoms. The average molecular weight is 1000 g/mol. The Kier molecular flexibility index (Phi) is 13.6. The fourth-order valence-electron chi connectivity index (χ4n) is 10.0. The molecule has 20 heteroatoms. The molecule has 2 saturated heterocycles. The van der Waals surface area contributed by atoms with Gasteiger partial charge in [-0.1, -0.05) is 101 Å². The molecule has 1 saturated carbocycles. The molecule has 6 atom stereocenters. The predicted octanol–water partition coefficient (Wildman–Crippen LogP) is 5.54. The van der Waals surface area contributed by atoms with Gasteiger partial charge in [-0.25, -0.2) is 19.3 Å². The van der Waals surface area contributed by atoms with Crippen molar-refractivity contribution in [3.63, 3.8) is 0 Å². The van der Waals surface area contributed by atoms with Crippen molar-refractivity contribution in [1.29, 1.82) is 0 Å². The van der Waals surface area contributed by atoms with E-state index in [-0.39, 0.29) is 62.6 Å². The first kappa shape index (κ1) is 49.7. The number of nitrogens with zero attached hydrogens (tertiary/aromatic N) is 10. The summed E-state index contributed by atoms with van der Waals surface area (Å²) in [4.78, 5) is 70.7. The lowest BCUT2D eigenvalue weighted by Crippen LogP contribution is -2.50. The van der Waals surface area contributed by atoms with Gasteiger partial charge in [0.05, 0.1) is 73.6 Å².